The third-order valence-corrected chi connectivity index (χ3v) is 5.60. The first kappa shape index (κ1) is 23.3. The Kier molecular flexibility index (Phi) is 9.08. The highest BCUT2D eigenvalue weighted by Gasteiger charge is 2.31. The predicted molar refractivity (Wildman–Crippen MR) is 121 cm³/mol. The lowest BCUT2D eigenvalue weighted by Crippen LogP contribution is -2.55. The summed E-state index contributed by atoms with van der Waals surface area (Å²) >= 11 is 0. The molecule has 1 aromatic rings. The third kappa shape index (κ3) is 6.26. The maximum absolute atomic E-state index is 5.45. The Labute approximate surface area is 176 Å². The fraction of sp³-hybridized carbons (Fsp3) is 0.696. The summed E-state index contributed by atoms with van der Waals surface area (Å²) in [5.74, 6) is 1.99. The molecule has 1 fully saturated rings. The molecule has 1 aromatic heterocycles. The zero-order chi connectivity index (χ0) is 21.4. The fourth-order valence-electron chi connectivity index (χ4n) is 4.20. The van der Waals surface area contributed by atoms with Crippen molar-refractivity contribution in [2.75, 3.05) is 19.6 Å². The van der Waals surface area contributed by atoms with Crippen molar-refractivity contribution < 1.29 is 4.42 Å². The Morgan fingerprint density at radius 1 is 1.21 bits per heavy atom. The molecule has 0 radical (unpaired) electrons. The maximum Gasteiger partial charge on any atom is 0.248 e. The Balaban J connectivity index is 2.12. The van der Waals surface area contributed by atoms with Crippen molar-refractivity contribution in [1.29, 1.82) is 0 Å². The molecule has 29 heavy (non-hydrogen) atoms. The summed E-state index contributed by atoms with van der Waals surface area (Å²) in [5.41, 5.74) is 1.85. The van der Waals surface area contributed by atoms with Crippen molar-refractivity contribution >= 4 is 11.8 Å². The van der Waals surface area contributed by atoms with Crippen LogP contribution >= 0.6 is 0 Å². The lowest BCUT2D eigenvalue weighted by molar-refractivity contribution is 0.0446. The average Bonchev–Trinajstić information content (AvgIpc) is 3.14. The highest BCUT2D eigenvalue weighted by molar-refractivity contribution is 6.07. The van der Waals surface area contributed by atoms with E-state index in [1.165, 1.54) is 31.3 Å². The predicted octanol–water partition coefficient (Wildman–Crippen LogP) is 5.08. The second kappa shape index (κ2) is 11.3. The van der Waals surface area contributed by atoms with Crippen LogP contribution in [0.3, 0.4) is 0 Å². The number of aliphatic imine (C=N–C) groups is 1. The van der Waals surface area contributed by atoms with Crippen LogP contribution in [0.1, 0.15) is 78.5 Å². The second-order valence-electron chi connectivity index (χ2n) is 8.21. The number of allylic oxidation sites excluding steroid dienone is 2. The van der Waals surface area contributed by atoms with E-state index >= 15 is 0 Å². The first-order valence-corrected chi connectivity index (χ1v) is 11.1. The molecule has 6 nitrogen and oxygen atoms in total. The molecule has 2 rings (SSSR count). The van der Waals surface area contributed by atoms with Gasteiger partial charge in [-0.25, -0.2) is 4.99 Å². The minimum atomic E-state index is 0.428. The molecule has 1 unspecified atom stereocenters. The molecular weight excluding hydrogens is 362 g/mol. The van der Waals surface area contributed by atoms with Gasteiger partial charge in [0.05, 0.1) is 0 Å². The van der Waals surface area contributed by atoms with Gasteiger partial charge in [-0.2, -0.15) is 0 Å². The molecule has 1 saturated heterocycles. The zero-order valence-corrected chi connectivity index (χ0v) is 19.2. The van der Waals surface area contributed by atoms with Gasteiger partial charge in [0.2, 0.25) is 11.8 Å². The van der Waals surface area contributed by atoms with Crippen LogP contribution in [-0.4, -0.2) is 57.9 Å². The summed E-state index contributed by atoms with van der Waals surface area (Å²) in [4.78, 5) is 9.97. The summed E-state index contributed by atoms with van der Waals surface area (Å²) in [5, 5.41) is 7.90. The topological polar surface area (TPSA) is 57.8 Å². The Morgan fingerprint density at radius 2 is 1.90 bits per heavy atom. The molecule has 0 bridgehead atoms. The Bertz CT molecular complexity index is 711. The quantitative estimate of drug-likeness (QED) is 0.512. The van der Waals surface area contributed by atoms with Crippen LogP contribution in [0.4, 0.5) is 0 Å². The molecule has 2 heterocycles. The van der Waals surface area contributed by atoms with E-state index in [1.54, 1.807) is 13.1 Å². The summed E-state index contributed by atoms with van der Waals surface area (Å²) in [6.07, 6.45) is 8.00. The van der Waals surface area contributed by atoms with Gasteiger partial charge in [0.1, 0.15) is 5.82 Å². The largest absolute Gasteiger partial charge is 0.421 e. The smallest absolute Gasteiger partial charge is 0.248 e. The molecule has 1 atom stereocenters. The third-order valence-electron chi connectivity index (χ3n) is 5.60. The minimum absolute atomic E-state index is 0.428. The van der Waals surface area contributed by atoms with Gasteiger partial charge in [-0.3, -0.25) is 4.90 Å². The molecule has 0 N–H and O–H groups in total. The van der Waals surface area contributed by atoms with Crippen LogP contribution in [0.5, 0.6) is 0 Å². The summed E-state index contributed by atoms with van der Waals surface area (Å²) in [7, 11) is 0. The lowest BCUT2D eigenvalue weighted by atomic mass is 9.99. The van der Waals surface area contributed by atoms with Crippen molar-refractivity contribution in [3.05, 3.63) is 29.8 Å². The van der Waals surface area contributed by atoms with E-state index in [0.717, 1.165) is 31.9 Å². The molecule has 0 aromatic carbocycles. The van der Waals surface area contributed by atoms with Gasteiger partial charge in [-0.15, -0.1) is 10.2 Å². The molecule has 162 valence electrons. The van der Waals surface area contributed by atoms with Crippen LogP contribution in [0.2, 0.25) is 0 Å². The summed E-state index contributed by atoms with van der Waals surface area (Å²) in [6.45, 7) is 20.1. The van der Waals surface area contributed by atoms with E-state index in [4.69, 9.17) is 9.41 Å². The van der Waals surface area contributed by atoms with E-state index in [9.17, 15) is 0 Å². The van der Waals surface area contributed by atoms with Crippen molar-refractivity contribution in [2.24, 2.45) is 4.99 Å². The van der Waals surface area contributed by atoms with Crippen molar-refractivity contribution in [1.82, 2.24) is 20.0 Å². The molecule has 0 amide bonds. The average molecular weight is 402 g/mol. The standard InChI is InChI=1S/C23H39N5O/c1-8-11-21(12-9-2)28-14-13-27(16-20(28)10-3)22(17(4)5)24-15-18(6)23-26-25-19(7)29-23/h15,20-21H,6,8-14,16H2,1-5,7H3/b24-15-. The van der Waals surface area contributed by atoms with Gasteiger partial charge in [0.15, 0.2) is 0 Å². The molecule has 0 spiro atoms. The monoisotopic (exact) mass is 401 g/mol. The first-order chi connectivity index (χ1) is 13.9. The normalized spacial score (nSPS) is 18.0. The van der Waals surface area contributed by atoms with Crippen LogP contribution in [0, 0.1) is 6.92 Å². The molecule has 6 heteroatoms. The second-order valence-corrected chi connectivity index (χ2v) is 8.21. The van der Waals surface area contributed by atoms with Crippen LogP contribution in [0.15, 0.2) is 27.4 Å². The molecule has 1 aliphatic heterocycles. The number of nitrogens with zero attached hydrogens (tertiary/aromatic N) is 5. The summed E-state index contributed by atoms with van der Waals surface area (Å²) < 4.78 is 5.45. The van der Waals surface area contributed by atoms with E-state index in [0.29, 0.717) is 29.4 Å². The number of aromatic nitrogens is 2. The number of hydrogen-bond acceptors (Lipinski definition) is 6. The fourth-order valence-corrected chi connectivity index (χ4v) is 4.20. The first-order valence-electron chi connectivity index (χ1n) is 11.1. The van der Waals surface area contributed by atoms with Gasteiger partial charge in [-0.1, -0.05) is 40.2 Å². The van der Waals surface area contributed by atoms with Crippen molar-refractivity contribution in [2.45, 2.75) is 85.7 Å². The Morgan fingerprint density at radius 3 is 2.41 bits per heavy atom. The number of rotatable bonds is 10. The number of piperazine rings is 1. The van der Waals surface area contributed by atoms with Gasteiger partial charge >= 0.3 is 0 Å². The highest BCUT2D eigenvalue weighted by Crippen LogP contribution is 2.25. The Hall–Kier alpha value is -1.95. The number of hydrogen-bond donors (Lipinski definition) is 0. The molecular formula is C23H39N5O. The molecule has 0 aliphatic carbocycles. The van der Waals surface area contributed by atoms with Crippen molar-refractivity contribution in [3.63, 3.8) is 0 Å². The van der Waals surface area contributed by atoms with Gasteiger partial charge in [-0.05, 0) is 38.7 Å². The van der Waals surface area contributed by atoms with E-state index in [1.807, 2.05) is 0 Å². The van der Waals surface area contributed by atoms with Crippen LogP contribution in [0.25, 0.3) is 5.57 Å². The molecule has 0 saturated carbocycles. The summed E-state index contributed by atoms with van der Waals surface area (Å²) in [6, 6.07) is 1.27. The van der Waals surface area contributed by atoms with E-state index in [-0.39, 0.29) is 0 Å². The van der Waals surface area contributed by atoms with E-state index < -0.39 is 0 Å². The zero-order valence-electron chi connectivity index (χ0n) is 19.2. The van der Waals surface area contributed by atoms with Gasteiger partial charge in [0.25, 0.3) is 0 Å². The van der Waals surface area contributed by atoms with Crippen LogP contribution in [-0.2, 0) is 0 Å². The van der Waals surface area contributed by atoms with Crippen molar-refractivity contribution in [3.8, 4) is 0 Å². The van der Waals surface area contributed by atoms with E-state index in [2.05, 4.69) is 61.2 Å². The van der Waals surface area contributed by atoms with Gasteiger partial charge in [0, 0.05) is 50.4 Å². The molecule has 1 aliphatic rings. The maximum atomic E-state index is 5.45. The van der Waals surface area contributed by atoms with Gasteiger partial charge < -0.3 is 9.32 Å². The minimum Gasteiger partial charge on any atom is -0.421 e. The lowest BCUT2D eigenvalue weighted by Gasteiger charge is -2.46. The van der Waals surface area contributed by atoms with Crippen LogP contribution < -0.4 is 0 Å². The number of aryl methyl sites for hydroxylation is 1. The highest BCUT2D eigenvalue weighted by atomic mass is 16.4. The SMILES string of the molecule is C=C(/C=N\C(=C(C)C)N1CCN(C(CCC)CCC)C(CC)C1)c1nnc(C)o1.